The molecule has 0 bridgehead atoms. The quantitative estimate of drug-likeness (QED) is 0.789. The van der Waals surface area contributed by atoms with E-state index in [9.17, 15) is 9.90 Å². The van der Waals surface area contributed by atoms with Gasteiger partial charge in [0, 0.05) is 19.3 Å². The fourth-order valence-corrected chi connectivity index (χ4v) is 2.32. The molecule has 2 N–H and O–H groups in total. The van der Waals surface area contributed by atoms with Gasteiger partial charge in [-0.25, -0.2) is 0 Å². The maximum atomic E-state index is 11.2. The number of benzene rings is 1. The summed E-state index contributed by atoms with van der Waals surface area (Å²) in [7, 11) is 0. The zero-order valence-electron chi connectivity index (χ0n) is 9.76. The molecule has 1 heterocycles. The molecule has 0 radical (unpaired) electrons. The molecule has 0 saturated carbocycles. The van der Waals surface area contributed by atoms with Crippen molar-refractivity contribution in [3.05, 3.63) is 42.0 Å². The van der Waals surface area contributed by atoms with Crippen LogP contribution in [0.25, 0.3) is 6.08 Å². The van der Waals surface area contributed by atoms with E-state index in [1.54, 1.807) is 0 Å². The van der Waals surface area contributed by atoms with Crippen LogP contribution < -0.4 is 10.4 Å². The normalized spacial score (nSPS) is 24.2. The number of aliphatic carboxylic acids is 1. The Morgan fingerprint density at radius 2 is 2.18 bits per heavy atom. The van der Waals surface area contributed by atoms with Crippen LogP contribution in [0.5, 0.6) is 0 Å². The van der Waals surface area contributed by atoms with Crippen LogP contribution in [0.4, 0.5) is 0 Å². The molecular formula is C14H17NO2. The monoisotopic (exact) mass is 231 g/mol. The first-order valence-electron chi connectivity index (χ1n) is 6.00. The van der Waals surface area contributed by atoms with Gasteiger partial charge in [-0.1, -0.05) is 42.5 Å². The Morgan fingerprint density at radius 3 is 2.76 bits per heavy atom. The van der Waals surface area contributed by atoms with Gasteiger partial charge in [-0.3, -0.25) is 0 Å². The lowest BCUT2D eigenvalue weighted by atomic mass is 9.93. The van der Waals surface area contributed by atoms with Crippen molar-refractivity contribution < 1.29 is 15.2 Å². The molecule has 3 heteroatoms. The minimum absolute atomic E-state index is 0.532. The second-order valence-corrected chi connectivity index (χ2v) is 4.56. The zero-order valence-corrected chi connectivity index (χ0v) is 9.76. The number of rotatable bonds is 4. The maximum absolute atomic E-state index is 11.2. The smallest absolute Gasteiger partial charge is 0.140 e. The molecule has 17 heavy (non-hydrogen) atoms. The van der Waals surface area contributed by atoms with Crippen LogP contribution in [-0.4, -0.2) is 18.1 Å². The number of hydrogen-bond acceptors (Lipinski definition) is 2. The number of carbonyl (C=O) groups is 1. The highest BCUT2D eigenvalue weighted by molar-refractivity contribution is 5.75. The molecule has 0 aromatic heterocycles. The van der Waals surface area contributed by atoms with Gasteiger partial charge in [-0.15, -0.1) is 0 Å². The van der Waals surface area contributed by atoms with Crippen molar-refractivity contribution in [2.75, 3.05) is 6.54 Å². The van der Waals surface area contributed by atoms with E-state index in [1.165, 1.54) is 0 Å². The number of hydrogen-bond donors (Lipinski definition) is 1. The van der Waals surface area contributed by atoms with Gasteiger partial charge in [0.15, 0.2) is 0 Å². The number of carboxylic acid groups (broad SMARTS) is 1. The summed E-state index contributed by atoms with van der Waals surface area (Å²) in [5, 5.41) is 13.1. The zero-order chi connectivity index (χ0) is 12.1. The number of carbonyl (C=O) groups excluding carboxylic acids is 1. The van der Waals surface area contributed by atoms with E-state index < -0.39 is 11.5 Å². The molecule has 0 spiro atoms. The van der Waals surface area contributed by atoms with Gasteiger partial charge >= 0.3 is 0 Å². The fraction of sp³-hybridized carbons (Fsp3) is 0.357. The molecule has 90 valence electrons. The molecule has 2 rings (SSSR count). The summed E-state index contributed by atoms with van der Waals surface area (Å²) >= 11 is 0. The molecule has 1 aromatic rings. The van der Waals surface area contributed by atoms with E-state index in [0.29, 0.717) is 12.8 Å². The maximum Gasteiger partial charge on any atom is 0.140 e. The molecule has 0 unspecified atom stereocenters. The molecule has 1 saturated heterocycles. The van der Waals surface area contributed by atoms with E-state index in [2.05, 4.69) is 0 Å². The Morgan fingerprint density at radius 1 is 1.41 bits per heavy atom. The topological polar surface area (TPSA) is 56.7 Å². The summed E-state index contributed by atoms with van der Waals surface area (Å²) in [5.74, 6) is -0.937. The summed E-state index contributed by atoms with van der Waals surface area (Å²) in [6.45, 7) is 0.882. The van der Waals surface area contributed by atoms with Crippen LogP contribution >= 0.6 is 0 Å². The molecule has 1 aliphatic rings. The Bertz CT molecular complexity index is 405. The van der Waals surface area contributed by atoms with Crippen LogP contribution in [0.2, 0.25) is 0 Å². The third-order valence-electron chi connectivity index (χ3n) is 3.36. The molecule has 0 amide bonds. The lowest BCUT2D eigenvalue weighted by Crippen LogP contribution is -2.97. The SMILES string of the molecule is O=C([O-])[C@@]1(C/C=C/c2ccccc2)CCC[NH2+]1. The third kappa shape index (κ3) is 2.74. The van der Waals surface area contributed by atoms with E-state index >= 15 is 0 Å². The second-order valence-electron chi connectivity index (χ2n) is 4.56. The highest BCUT2D eigenvalue weighted by Crippen LogP contribution is 2.17. The van der Waals surface area contributed by atoms with Crippen LogP contribution in [0.1, 0.15) is 24.8 Å². The van der Waals surface area contributed by atoms with Crippen molar-refractivity contribution in [3.63, 3.8) is 0 Å². The van der Waals surface area contributed by atoms with Crippen LogP contribution in [0.3, 0.4) is 0 Å². The van der Waals surface area contributed by atoms with Crippen molar-refractivity contribution in [2.45, 2.75) is 24.8 Å². The van der Waals surface area contributed by atoms with Crippen LogP contribution in [0, 0.1) is 0 Å². The van der Waals surface area contributed by atoms with Crippen molar-refractivity contribution in [1.29, 1.82) is 0 Å². The lowest BCUT2D eigenvalue weighted by molar-refractivity contribution is -0.700. The number of carboxylic acids is 1. The second kappa shape index (κ2) is 5.15. The Kier molecular flexibility index (Phi) is 3.59. The number of quaternary nitrogens is 1. The van der Waals surface area contributed by atoms with Gasteiger partial charge < -0.3 is 15.2 Å². The van der Waals surface area contributed by atoms with Crippen LogP contribution in [0.15, 0.2) is 36.4 Å². The van der Waals surface area contributed by atoms with Gasteiger partial charge in [0.25, 0.3) is 0 Å². The minimum Gasteiger partial charge on any atom is -0.544 e. The average molecular weight is 231 g/mol. The Hall–Kier alpha value is -1.61. The summed E-state index contributed by atoms with van der Waals surface area (Å²) in [6, 6.07) is 9.90. The summed E-state index contributed by atoms with van der Waals surface area (Å²) < 4.78 is 0. The fourth-order valence-electron chi connectivity index (χ4n) is 2.32. The predicted octanol–water partition coefficient (Wildman–Crippen LogP) is -0.0642. The van der Waals surface area contributed by atoms with Crippen molar-refractivity contribution in [3.8, 4) is 0 Å². The minimum atomic E-state index is -0.937. The van der Waals surface area contributed by atoms with Gasteiger partial charge in [0.05, 0.1) is 6.54 Å². The third-order valence-corrected chi connectivity index (χ3v) is 3.36. The highest BCUT2D eigenvalue weighted by Gasteiger charge is 2.38. The van der Waals surface area contributed by atoms with Crippen molar-refractivity contribution in [2.24, 2.45) is 0 Å². The van der Waals surface area contributed by atoms with Crippen molar-refractivity contribution in [1.82, 2.24) is 0 Å². The van der Waals surface area contributed by atoms with Gasteiger partial charge in [-0.05, 0) is 5.56 Å². The molecule has 3 nitrogen and oxygen atoms in total. The van der Waals surface area contributed by atoms with E-state index in [1.807, 2.05) is 47.8 Å². The molecule has 1 atom stereocenters. The van der Waals surface area contributed by atoms with E-state index in [-0.39, 0.29) is 0 Å². The lowest BCUT2D eigenvalue weighted by Gasteiger charge is -2.25. The number of nitrogens with two attached hydrogens (primary N) is 1. The summed E-state index contributed by atoms with van der Waals surface area (Å²) in [5.41, 5.74) is 0.365. The van der Waals surface area contributed by atoms with Gasteiger partial charge in [-0.2, -0.15) is 0 Å². The first-order valence-corrected chi connectivity index (χ1v) is 6.00. The average Bonchev–Trinajstić information content (AvgIpc) is 2.80. The first kappa shape index (κ1) is 11.9. The molecule has 1 aromatic carbocycles. The highest BCUT2D eigenvalue weighted by atomic mass is 16.4. The summed E-state index contributed by atoms with van der Waals surface area (Å²) in [4.78, 5) is 11.2. The van der Waals surface area contributed by atoms with E-state index in [0.717, 1.165) is 18.5 Å². The Balaban J connectivity index is 2.01. The van der Waals surface area contributed by atoms with Gasteiger partial charge in [0.2, 0.25) is 0 Å². The standard InChI is InChI=1S/C14H17NO2/c16-13(17)14(10-5-11-15-14)9-4-8-12-6-2-1-3-7-12/h1-4,6-8,15H,5,9-11H2,(H,16,17)/b8-4+/t14-/m1/s1. The molecule has 0 aliphatic carbocycles. The van der Waals surface area contributed by atoms with Gasteiger partial charge in [0.1, 0.15) is 11.5 Å². The molecule has 1 aliphatic heterocycles. The molecule has 1 fully saturated rings. The molecular weight excluding hydrogens is 214 g/mol. The summed E-state index contributed by atoms with van der Waals surface area (Å²) in [6.07, 6.45) is 6.09. The van der Waals surface area contributed by atoms with Crippen LogP contribution in [-0.2, 0) is 4.79 Å². The Labute approximate surface area is 101 Å². The largest absolute Gasteiger partial charge is 0.544 e. The van der Waals surface area contributed by atoms with E-state index in [4.69, 9.17) is 0 Å². The van der Waals surface area contributed by atoms with Crippen molar-refractivity contribution >= 4 is 12.0 Å². The predicted molar refractivity (Wildman–Crippen MR) is 63.9 cm³/mol. The first-order chi connectivity index (χ1) is 8.23.